The van der Waals surface area contributed by atoms with Crippen LogP contribution in [0.25, 0.3) is 0 Å². The highest BCUT2D eigenvalue weighted by atomic mass is 32.1. The lowest BCUT2D eigenvalue weighted by Gasteiger charge is -2.31. The Morgan fingerprint density at radius 3 is 2.81 bits per heavy atom. The third-order valence-electron chi connectivity index (χ3n) is 3.32. The second-order valence-corrected chi connectivity index (χ2v) is 5.71. The Labute approximate surface area is 127 Å². The Bertz CT molecular complexity index is 497. The Hall–Kier alpha value is -1.67. The van der Waals surface area contributed by atoms with Crippen molar-refractivity contribution in [2.45, 2.75) is 32.4 Å². The molecule has 0 aromatic carbocycles. The van der Waals surface area contributed by atoms with Gasteiger partial charge >= 0.3 is 6.09 Å². The molecule has 1 saturated heterocycles. The molecule has 0 saturated carbocycles. The average Bonchev–Trinajstić information content (AvgIpc) is 2.97. The molecule has 0 atom stereocenters. The molecule has 8 heteroatoms. The molecule has 2 amide bonds. The van der Waals surface area contributed by atoms with E-state index in [1.807, 2.05) is 0 Å². The number of rotatable bonds is 4. The Morgan fingerprint density at radius 1 is 1.52 bits per heavy atom. The van der Waals surface area contributed by atoms with Crippen molar-refractivity contribution in [1.29, 1.82) is 0 Å². The Morgan fingerprint density at radius 2 is 2.24 bits per heavy atom. The largest absolute Gasteiger partial charge is 0.450 e. The molecule has 3 N–H and O–H groups in total. The van der Waals surface area contributed by atoms with Gasteiger partial charge in [0, 0.05) is 31.1 Å². The standard InChI is InChI=1S/C13H20N4O3S/c1-2-20-13(19)17-5-3-9(4-6-17)15-12(18)10-8-21-11(7-14)16-10/h8-9H,2-7,14H2,1H3,(H,15,18). The molecule has 0 bridgehead atoms. The number of likely N-dealkylation sites (tertiary alicyclic amines) is 1. The zero-order valence-electron chi connectivity index (χ0n) is 12.0. The number of amides is 2. The minimum Gasteiger partial charge on any atom is -0.450 e. The van der Waals surface area contributed by atoms with Crippen molar-refractivity contribution in [2.24, 2.45) is 5.73 Å². The summed E-state index contributed by atoms with van der Waals surface area (Å²) < 4.78 is 4.96. The summed E-state index contributed by atoms with van der Waals surface area (Å²) in [4.78, 5) is 29.5. The number of nitrogens with two attached hydrogens (primary N) is 1. The highest BCUT2D eigenvalue weighted by Gasteiger charge is 2.25. The van der Waals surface area contributed by atoms with E-state index in [2.05, 4.69) is 10.3 Å². The number of hydrogen-bond donors (Lipinski definition) is 2. The van der Waals surface area contributed by atoms with Crippen LogP contribution in [0.5, 0.6) is 0 Å². The van der Waals surface area contributed by atoms with Crippen LogP contribution in [0.15, 0.2) is 5.38 Å². The zero-order valence-corrected chi connectivity index (χ0v) is 12.8. The van der Waals surface area contributed by atoms with Gasteiger partial charge in [0.05, 0.1) is 6.61 Å². The normalized spacial score (nSPS) is 15.8. The van der Waals surface area contributed by atoms with Gasteiger partial charge in [0.15, 0.2) is 0 Å². The van der Waals surface area contributed by atoms with Crippen molar-refractivity contribution < 1.29 is 14.3 Å². The fourth-order valence-electron chi connectivity index (χ4n) is 2.19. The molecule has 0 spiro atoms. The summed E-state index contributed by atoms with van der Waals surface area (Å²) in [5, 5.41) is 5.41. The molecule has 1 aromatic rings. The number of aromatic nitrogens is 1. The predicted octanol–water partition coefficient (Wildman–Crippen LogP) is 0.952. The molecule has 1 fully saturated rings. The zero-order chi connectivity index (χ0) is 15.2. The lowest BCUT2D eigenvalue weighted by atomic mass is 10.1. The fraction of sp³-hybridized carbons (Fsp3) is 0.615. The van der Waals surface area contributed by atoms with Gasteiger partial charge in [-0.3, -0.25) is 4.79 Å². The summed E-state index contributed by atoms with van der Waals surface area (Å²) in [6, 6.07) is 0.0613. The molecule has 1 aliphatic rings. The van der Waals surface area contributed by atoms with E-state index in [1.165, 1.54) is 11.3 Å². The minimum absolute atomic E-state index is 0.0613. The third-order valence-corrected chi connectivity index (χ3v) is 4.19. The molecular weight excluding hydrogens is 292 g/mol. The van der Waals surface area contributed by atoms with E-state index in [-0.39, 0.29) is 18.0 Å². The first kappa shape index (κ1) is 15.7. The number of nitrogens with one attached hydrogen (secondary N) is 1. The first-order valence-corrected chi connectivity index (χ1v) is 7.89. The SMILES string of the molecule is CCOC(=O)N1CCC(NC(=O)c2csc(CN)n2)CC1. The third kappa shape index (κ3) is 4.15. The molecule has 7 nitrogen and oxygen atoms in total. The van der Waals surface area contributed by atoms with Gasteiger partial charge < -0.3 is 20.7 Å². The molecular formula is C13H20N4O3S. The highest BCUT2D eigenvalue weighted by molar-refractivity contribution is 7.09. The quantitative estimate of drug-likeness (QED) is 0.863. The number of hydrogen-bond acceptors (Lipinski definition) is 6. The van der Waals surface area contributed by atoms with Gasteiger partial charge in [-0.2, -0.15) is 0 Å². The second-order valence-electron chi connectivity index (χ2n) is 4.76. The predicted molar refractivity (Wildman–Crippen MR) is 79.1 cm³/mol. The van der Waals surface area contributed by atoms with E-state index in [9.17, 15) is 9.59 Å². The summed E-state index contributed by atoms with van der Waals surface area (Å²) >= 11 is 1.38. The number of nitrogens with zero attached hydrogens (tertiary/aromatic N) is 2. The number of carbonyl (C=O) groups excluding carboxylic acids is 2. The summed E-state index contributed by atoms with van der Waals surface area (Å²) in [7, 11) is 0. The maximum absolute atomic E-state index is 12.0. The van der Waals surface area contributed by atoms with Gasteiger partial charge in [0.2, 0.25) is 0 Å². The molecule has 2 rings (SSSR count). The van der Waals surface area contributed by atoms with Crippen molar-refractivity contribution in [2.75, 3.05) is 19.7 Å². The van der Waals surface area contributed by atoms with Crippen LogP contribution in [0, 0.1) is 0 Å². The van der Waals surface area contributed by atoms with Gasteiger partial charge in [-0.1, -0.05) is 0 Å². The van der Waals surface area contributed by atoms with E-state index in [4.69, 9.17) is 10.5 Å². The highest BCUT2D eigenvalue weighted by Crippen LogP contribution is 2.13. The van der Waals surface area contributed by atoms with Gasteiger partial charge in [-0.25, -0.2) is 9.78 Å². The van der Waals surface area contributed by atoms with Crippen LogP contribution in [0.4, 0.5) is 4.79 Å². The summed E-state index contributed by atoms with van der Waals surface area (Å²) in [6.45, 7) is 3.69. The van der Waals surface area contributed by atoms with Crippen molar-refractivity contribution in [1.82, 2.24) is 15.2 Å². The number of piperidine rings is 1. The van der Waals surface area contributed by atoms with Crippen LogP contribution >= 0.6 is 11.3 Å². The Kier molecular flexibility index (Phi) is 5.51. The van der Waals surface area contributed by atoms with Gasteiger partial charge in [-0.05, 0) is 19.8 Å². The lowest BCUT2D eigenvalue weighted by Crippen LogP contribution is -2.46. The summed E-state index contributed by atoms with van der Waals surface area (Å²) in [5.41, 5.74) is 5.89. The first-order chi connectivity index (χ1) is 10.1. The lowest BCUT2D eigenvalue weighted by molar-refractivity contribution is 0.0857. The van der Waals surface area contributed by atoms with Gasteiger partial charge in [-0.15, -0.1) is 11.3 Å². The van der Waals surface area contributed by atoms with Crippen molar-refractivity contribution in [3.63, 3.8) is 0 Å². The molecule has 1 aromatic heterocycles. The van der Waals surface area contributed by atoms with E-state index < -0.39 is 0 Å². The topological polar surface area (TPSA) is 97.5 Å². The Balaban J connectivity index is 1.80. The number of carbonyl (C=O) groups is 2. The molecule has 21 heavy (non-hydrogen) atoms. The van der Waals surface area contributed by atoms with Crippen LogP contribution < -0.4 is 11.1 Å². The monoisotopic (exact) mass is 312 g/mol. The fourth-order valence-corrected chi connectivity index (χ4v) is 2.84. The van der Waals surface area contributed by atoms with Gasteiger partial charge in [0.1, 0.15) is 10.7 Å². The van der Waals surface area contributed by atoms with Crippen LogP contribution in [-0.4, -0.2) is 47.6 Å². The minimum atomic E-state index is -0.283. The summed E-state index contributed by atoms with van der Waals surface area (Å²) in [6.07, 6.45) is 1.16. The second kappa shape index (κ2) is 7.37. The van der Waals surface area contributed by atoms with Crippen LogP contribution in [-0.2, 0) is 11.3 Å². The molecule has 1 aliphatic heterocycles. The maximum Gasteiger partial charge on any atom is 0.409 e. The molecule has 116 valence electrons. The van der Waals surface area contributed by atoms with E-state index in [0.717, 1.165) is 17.8 Å². The van der Waals surface area contributed by atoms with E-state index in [0.29, 0.717) is 31.9 Å². The van der Waals surface area contributed by atoms with Crippen molar-refractivity contribution in [3.05, 3.63) is 16.1 Å². The van der Waals surface area contributed by atoms with E-state index >= 15 is 0 Å². The van der Waals surface area contributed by atoms with Crippen LogP contribution in [0.3, 0.4) is 0 Å². The average molecular weight is 312 g/mol. The van der Waals surface area contributed by atoms with Crippen LogP contribution in [0.2, 0.25) is 0 Å². The van der Waals surface area contributed by atoms with E-state index in [1.54, 1.807) is 17.2 Å². The summed E-state index contributed by atoms with van der Waals surface area (Å²) in [5.74, 6) is -0.180. The van der Waals surface area contributed by atoms with Crippen molar-refractivity contribution >= 4 is 23.3 Å². The molecule has 0 aliphatic carbocycles. The number of thiazole rings is 1. The van der Waals surface area contributed by atoms with Crippen LogP contribution in [0.1, 0.15) is 35.3 Å². The maximum atomic E-state index is 12.0. The molecule has 2 heterocycles. The van der Waals surface area contributed by atoms with Crippen molar-refractivity contribution in [3.8, 4) is 0 Å². The first-order valence-electron chi connectivity index (χ1n) is 7.01. The molecule has 0 unspecified atom stereocenters. The molecule has 0 radical (unpaired) electrons. The smallest absolute Gasteiger partial charge is 0.409 e. The number of ether oxygens (including phenoxy) is 1. The van der Waals surface area contributed by atoms with Gasteiger partial charge in [0.25, 0.3) is 5.91 Å².